The van der Waals surface area contributed by atoms with Gasteiger partial charge >= 0.3 is 5.97 Å². The molecule has 0 unspecified atom stereocenters. The standard InChI is InChI=1S/C13H19N3O3/c1-3-15-11(17)8-16(2)7-9-5-4-6-10(14)12(9)13(18)19/h4-6H,3,7-8,14H2,1-2H3,(H,15,17)(H,18,19). The van der Waals surface area contributed by atoms with Gasteiger partial charge in [-0.25, -0.2) is 4.79 Å². The Labute approximate surface area is 112 Å². The zero-order valence-corrected chi connectivity index (χ0v) is 11.1. The number of nitrogen functional groups attached to an aromatic ring is 1. The average Bonchev–Trinajstić information content (AvgIpc) is 2.28. The molecule has 1 amide bonds. The lowest BCUT2D eigenvalue weighted by Crippen LogP contribution is -2.34. The van der Waals surface area contributed by atoms with Gasteiger partial charge in [0.2, 0.25) is 5.91 Å². The summed E-state index contributed by atoms with van der Waals surface area (Å²) in [4.78, 5) is 24.3. The van der Waals surface area contributed by atoms with E-state index >= 15 is 0 Å². The van der Waals surface area contributed by atoms with Crippen molar-refractivity contribution < 1.29 is 14.7 Å². The first kappa shape index (κ1) is 15.0. The van der Waals surface area contributed by atoms with Crippen LogP contribution in [0.1, 0.15) is 22.8 Å². The number of carbonyl (C=O) groups is 2. The summed E-state index contributed by atoms with van der Waals surface area (Å²) in [6.07, 6.45) is 0. The van der Waals surface area contributed by atoms with Crippen molar-refractivity contribution in [3.63, 3.8) is 0 Å². The molecule has 0 bridgehead atoms. The minimum Gasteiger partial charge on any atom is -0.478 e. The summed E-state index contributed by atoms with van der Waals surface area (Å²) in [5, 5.41) is 11.8. The largest absolute Gasteiger partial charge is 0.478 e. The minimum atomic E-state index is -1.06. The van der Waals surface area contributed by atoms with Crippen LogP contribution in [0.4, 0.5) is 5.69 Å². The van der Waals surface area contributed by atoms with E-state index in [1.807, 2.05) is 6.92 Å². The Kier molecular flexibility index (Phi) is 5.32. The smallest absolute Gasteiger partial charge is 0.338 e. The summed E-state index contributed by atoms with van der Waals surface area (Å²) < 4.78 is 0. The van der Waals surface area contributed by atoms with Gasteiger partial charge in [0.05, 0.1) is 12.1 Å². The van der Waals surface area contributed by atoms with Crippen LogP contribution in [0.2, 0.25) is 0 Å². The predicted octanol–water partition coefficient (Wildman–Crippen LogP) is 0.535. The summed E-state index contributed by atoms with van der Waals surface area (Å²) in [5.41, 5.74) is 6.60. The van der Waals surface area contributed by atoms with Crippen LogP contribution in [0.15, 0.2) is 18.2 Å². The van der Waals surface area contributed by atoms with Crippen LogP contribution in [0.5, 0.6) is 0 Å². The first-order chi connectivity index (χ1) is 8.95. The summed E-state index contributed by atoms with van der Waals surface area (Å²) in [6, 6.07) is 4.96. The third-order valence-corrected chi connectivity index (χ3v) is 2.62. The van der Waals surface area contributed by atoms with Crippen LogP contribution in [0, 0.1) is 0 Å². The lowest BCUT2D eigenvalue weighted by molar-refractivity contribution is -0.121. The number of nitrogens with one attached hydrogen (secondary N) is 1. The van der Waals surface area contributed by atoms with Gasteiger partial charge in [-0.3, -0.25) is 9.69 Å². The molecule has 0 fully saturated rings. The number of benzene rings is 1. The second-order valence-corrected chi connectivity index (χ2v) is 4.31. The van der Waals surface area contributed by atoms with E-state index in [1.165, 1.54) is 0 Å². The zero-order chi connectivity index (χ0) is 14.4. The van der Waals surface area contributed by atoms with Gasteiger partial charge in [0.25, 0.3) is 0 Å². The fourth-order valence-corrected chi connectivity index (χ4v) is 1.86. The highest BCUT2D eigenvalue weighted by Crippen LogP contribution is 2.18. The Bertz CT molecular complexity index is 474. The van der Waals surface area contributed by atoms with E-state index in [2.05, 4.69) is 5.32 Å². The van der Waals surface area contributed by atoms with Gasteiger partial charge in [0.15, 0.2) is 0 Å². The highest BCUT2D eigenvalue weighted by Gasteiger charge is 2.15. The molecule has 0 aromatic heterocycles. The van der Waals surface area contributed by atoms with Crippen LogP contribution in [0.25, 0.3) is 0 Å². The quantitative estimate of drug-likeness (QED) is 0.652. The highest BCUT2D eigenvalue weighted by atomic mass is 16.4. The number of aromatic carboxylic acids is 1. The Hall–Kier alpha value is -2.08. The molecule has 0 heterocycles. The van der Waals surface area contributed by atoms with E-state index in [1.54, 1.807) is 30.1 Å². The van der Waals surface area contributed by atoms with Crippen LogP contribution in [0.3, 0.4) is 0 Å². The summed E-state index contributed by atoms with van der Waals surface area (Å²) in [5.74, 6) is -1.15. The molecule has 4 N–H and O–H groups in total. The maximum absolute atomic E-state index is 11.4. The first-order valence-corrected chi connectivity index (χ1v) is 6.01. The third kappa shape index (κ3) is 4.26. The first-order valence-electron chi connectivity index (χ1n) is 6.01. The SMILES string of the molecule is CCNC(=O)CN(C)Cc1cccc(N)c1C(=O)O. The molecule has 1 aromatic carbocycles. The second kappa shape index (κ2) is 6.75. The van der Waals surface area contributed by atoms with Gasteiger partial charge in [-0.05, 0) is 25.6 Å². The molecular formula is C13H19N3O3. The number of rotatable bonds is 6. The number of nitrogens with zero attached hydrogens (tertiary/aromatic N) is 1. The van der Waals surface area contributed by atoms with Gasteiger partial charge in [0, 0.05) is 18.8 Å². The van der Waals surface area contributed by atoms with E-state index in [4.69, 9.17) is 10.8 Å². The topological polar surface area (TPSA) is 95.7 Å². The molecule has 0 saturated heterocycles. The fourth-order valence-electron chi connectivity index (χ4n) is 1.86. The highest BCUT2D eigenvalue weighted by molar-refractivity contribution is 5.95. The second-order valence-electron chi connectivity index (χ2n) is 4.31. The van der Waals surface area contributed by atoms with Crippen LogP contribution >= 0.6 is 0 Å². The molecule has 0 aliphatic carbocycles. The van der Waals surface area contributed by atoms with Gasteiger partial charge < -0.3 is 16.2 Å². The maximum atomic E-state index is 11.4. The van der Waals surface area contributed by atoms with Crippen molar-refractivity contribution in [1.82, 2.24) is 10.2 Å². The van der Waals surface area contributed by atoms with E-state index < -0.39 is 5.97 Å². The molecule has 0 atom stereocenters. The monoisotopic (exact) mass is 265 g/mol. The Balaban J connectivity index is 2.79. The summed E-state index contributed by atoms with van der Waals surface area (Å²) in [7, 11) is 1.75. The number of likely N-dealkylation sites (N-methyl/N-ethyl adjacent to an activating group) is 2. The average molecular weight is 265 g/mol. The van der Waals surface area contributed by atoms with Crippen molar-refractivity contribution >= 4 is 17.6 Å². The number of carboxylic acid groups (broad SMARTS) is 1. The predicted molar refractivity (Wildman–Crippen MR) is 72.8 cm³/mol. The van der Waals surface area contributed by atoms with E-state index in [0.717, 1.165) is 0 Å². The normalized spacial score (nSPS) is 10.5. The Morgan fingerprint density at radius 2 is 2.11 bits per heavy atom. The number of carbonyl (C=O) groups excluding carboxylic acids is 1. The Morgan fingerprint density at radius 3 is 2.68 bits per heavy atom. The van der Waals surface area contributed by atoms with Crippen molar-refractivity contribution in [1.29, 1.82) is 0 Å². The van der Waals surface area contributed by atoms with Crippen molar-refractivity contribution in [2.45, 2.75) is 13.5 Å². The zero-order valence-electron chi connectivity index (χ0n) is 11.1. The number of carboxylic acids is 1. The minimum absolute atomic E-state index is 0.0919. The molecule has 0 spiro atoms. The van der Waals surface area contributed by atoms with Gasteiger partial charge in [-0.2, -0.15) is 0 Å². The molecule has 0 aliphatic heterocycles. The van der Waals surface area contributed by atoms with Crippen molar-refractivity contribution in [3.8, 4) is 0 Å². The third-order valence-electron chi connectivity index (χ3n) is 2.62. The molecule has 104 valence electrons. The molecule has 6 heteroatoms. The van der Waals surface area contributed by atoms with E-state index in [9.17, 15) is 9.59 Å². The maximum Gasteiger partial charge on any atom is 0.338 e. The van der Waals surface area contributed by atoms with Crippen LogP contribution in [-0.2, 0) is 11.3 Å². The lowest BCUT2D eigenvalue weighted by atomic mass is 10.1. The van der Waals surface area contributed by atoms with Crippen LogP contribution < -0.4 is 11.1 Å². The molecule has 0 aliphatic rings. The van der Waals surface area contributed by atoms with E-state index in [0.29, 0.717) is 18.7 Å². The number of nitrogens with two attached hydrogens (primary N) is 1. The van der Waals surface area contributed by atoms with Gasteiger partial charge in [-0.1, -0.05) is 12.1 Å². The number of anilines is 1. The van der Waals surface area contributed by atoms with E-state index in [-0.39, 0.29) is 23.7 Å². The molecule has 1 aromatic rings. The molecule has 6 nitrogen and oxygen atoms in total. The molecule has 19 heavy (non-hydrogen) atoms. The van der Waals surface area contributed by atoms with Crippen molar-refractivity contribution in [2.75, 3.05) is 25.9 Å². The fraction of sp³-hybridized carbons (Fsp3) is 0.385. The number of amides is 1. The van der Waals surface area contributed by atoms with Crippen molar-refractivity contribution in [3.05, 3.63) is 29.3 Å². The molecule has 0 saturated carbocycles. The molecular weight excluding hydrogens is 246 g/mol. The Morgan fingerprint density at radius 1 is 1.42 bits per heavy atom. The van der Waals surface area contributed by atoms with Gasteiger partial charge in [0.1, 0.15) is 0 Å². The number of hydrogen-bond donors (Lipinski definition) is 3. The number of hydrogen-bond acceptors (Lipinski definition) is 4. The van der Waals surface area contributed by atoms with Gasteiger partial charge in [-0.15, -0.1) is 0 Å². The van der Waals surface area contributed by atoms with Crippen LogP contribution in [-0.4, -0.2) is 42.0 Å². The molecule has 1 rings (SSSR count). The van der Waals surface area contributed by atoms with Crippen molar-refractivity contribution in [2.24, 2.45) is 0 Å². The summed E-state index contributed by atoms with van der Waals surface area (Å²) in [6.45, 7) is 2.98. The summed E-state index contributed by atoms with van der Waals surface area (Å²) >= 11 is 0. The molecule has 0 radical (unpaired) electrons. The lowest BCUT2D eigenvalue weighted by Gasteiger charge is -2.18.